The van der Waals surface area contributed by atoms with Gasteiger partial charge in [-0.05, 0) is 48.4 Å². The molecule has 5 heteroatoms. The van der Waals surface area contributed by atoms with Crippen LogP contribution in [0.3, 0.4) is 0 Å². The van der Waals surface area contributed by atoms with Crippen LogP contribution in [-0.4, -0.2) is 29.2 Å². The fourth-order valence-corrected chi connectivity index (χ4v) is 3.92. The van der Waals surface area contributed by atoms with E-state index in [0.717, 1.165) is 41.9 Å². The molecule has 36 heavy (non-hydrogen) atoms. The summed E-state index contributed by atoms with van der Waals surface area (Å²) in [6, 6.07) is 15.7. The van der Waals surface area contributed by atoms with Gasteiger partial charge in [0.25, 0.3) is 0 Å². The molecule has 1 unspecified atom stereocenters. The van der Waals surface area contributed by atoms with Crippen LogP contribution in [0, 0.1) is 5.92 Å². The molecule has 0 amide bonds. The van der Waals surface area contributed by atoms with E-state index in [1.165, 1.54) is 32.1 Å². The molecule has 0 aliphatic heterocycles. The van der Waals surface area contributed by atoms with Crippen LogP contribution in [0.1, 0.15) is 82.5 Å². The Kier molecular flexibility index (Phi) is 11.4. The number of carbonyl (C=O) groups is 1. The zero-order valence-corrected chi connectivity index (χ0v) is 22.0. The van der Waals surface area contributed by atoms with Gasteiger partial charge in [-0.25, -0.2) is 14.8 Å². The molecule has 3 aromatic rings. The number of rotatable bonds is 15. The van der Waals surface area contributed by atoms with Gasteiger partial charge in [0.1, 0.15) is 0 Å². The quantitative estimate of drug-likeness (QED) is 0.160. The van der Waals surface area contributed by atoms with Gasteiger partial charge < -0.3 is 9.47 Å². The molecule has 5 nitrogen and oxygen atoms in total. The first-order chi connectivity index (χ1) is 17.6. The number of hydrogen-bond acceptors (Lipinski definition) is 5. The van der Waals surface area contributed by atoms with E-state index >= 15 is 0 Å². The van der Waals surface area contributed by atoms with E-state index in [0.29, 0.717) is 30.4 Å². The summed E-state index contributed by atoms with van der Waals surface area (Å²) in [6.07, 6.45) is 12.6. The average molecular weight is 489 g/mol. The molecule has 0 saturated heterocycles. The fourth-order valence-electron chi connectivity index (χ4n) is 3.92. The van der Waals surface area contributed by atoms with Crippen molar-refractivity contribution in [2.45, 2.75) is 72.1 Å². The Balaban J connectivity index is 1.49. The summed E-state index contributed by atoms with van der Waals surface area (Å²) in [6.45, 7) is 7.85. The molecule has 192 valence electrons. The van der Waals surface area contributed by atoms with Gasteiger partial charge in [0.15, 0.2) is 11.6 Å². The van der Waals surface area contributed by atoms with Crippen LogP contribution in [0.15, 0.2) is 60.9 Å². The van der Waals surface area contributed by atoms with Crippen LogP contribution >= 0.6 is 0 Å². The number of unbranched alkanes of at least 4 members (excludes halogenated alkanes) is 4. The normalized spacial score (nSPS) is 11.8. The van der Waals surface area contributed by atoms with Crippen molar-refractivity contribution in [2.24, 2.45) is 5.92 Å². The van der Waals surface area contributed by atoms with Crippen molar-refractivity contribution in [3.8, 4) is 28.3 Å². The lowest BCUT2D eigenvalue weighted by atomic mass is 10.0. The molecule has 1 atom stereocenters. The molecule has 0 spiro atoms. The third-order valence-electron chi connectivity index (χ3n) is 6.51. The lowest BCUT2D eigenvalue weighted by Gasteiger charge is -2.09. The molecule has 0 aliphatic rings. The molecule has 3 rings (SSSR count). The summed E-state index contributed by atoms with van der Waals surface area (Å²) in [5.74, 6) is 1.85. The standard InChI is InChI=1S/C31H40N2O3/c1-4-6-7-9-20-35-29-22-32-30(33-23-29)27-16-12-25(13-17-27)26-14-18-28(19-15-26)31(34)36-21-10-8-11-24(3)5-2/h12-19,22-24H,4-11,20-21H2,1-3H3. The van der Waals surface area contributed by atoms with Crippen LogP contribution in [0.4, 0.5) is 0 Å². The third-order valence-corrected chi connectivity index (χ3v) is 6.51. The molecule has 2 aromatic carbocycles. The van der Waals surface area contributed by atoms with E-state index in [1.54, 1.807) is 12.4 Å². The number of carbonyl (C=O) groups excluding carboxylic acids is 1. The van der Waals surface area contributed by atoms with Crippen molar-refractivity contribution in [2.75, 3.05) is 13.2 Å². The van der Waals surface area contributed by atoms with E-state index in [-0.39, 0.29) is 5.97 Å². The lowest BCUT2D eigenvalue weighted by Crippen LogP contribution is -2.06. The highest BCUT2D eigenvalue weighted by Crippen LogP contribution is 2.24. The van der Waals surface area contributed by atoms with Crippen molar-refractivity contribution in [3.63, 3.8) is 0 Å². The summed E-state index contributed by atoms with van der Waals surface area (Å²) >= 11 is 0. The highest BCUT2D eigenvalue weighted by atomic mass is 16.5. The SMILES string of the molecule is CCCCCCOc1cnc(-c2ccc(-c3ccc(C(=O)OCCCCC(C)CC)cc3)cc2)nc1. The third kappa shape index (κ3) is 8.78. The van der Waals surface area contributed by atoms with Gasteiger partial charge in [0.2, 0.25) is 0 Å². The van der Waals surface area contributed by atoms with Crippen LogP contribution in [-0.2, 0) is 4.74 Å². The molecule has 0 saturated carbocycles. The summed E-state index contributed by atoms with van der Waals surface area (Å²) in [7, 11) is 0. The van der Waals surface area contributed by atoms with Gasteiger partial charge >= 0.3 is 5.97 Å². The first kappa shape index (κ1) is 27.4. The Morgan fingerprint density at radius 2 is 1.39 bits per heavy atom. The summed E-state index contributed by atoms with van der Waals surface area (Å²) < 4.78 is 11.2. The van der Waals surface area contributed by atoms with Crippen molar-refractivity contribution < 1.29 is 14.3 Å². The van der Waals surface area contributed by atoms with E-state index in [9.17, 15) is 4.79 Å². The maximum absolute atomic E-state index is 12.3. The molecule has 0 bridgehead atoms. The smallest absolute Gasteiger partial charge is 0.338 e. The Morgan fingerprint density at radius 3 is 2.03 bits per heavy atom. The first-order valence-corrected chi connectivity index (χ1v) is 13.4. The molecule has 0 fully saturated rings. The van der Waals surface area contributed by atoms with Gasteiger partial charge in [0, 0.05) is 5.56 Å². The summed E-state index contributed by atoms with van der Waals surface area (Å²) in [5, 5.41) is 0. The zero-order valence-electron chi connectivity index (χ0n) is 22.0. The van der Waals surface area contributed by atoms with Crippen molar-refractivity contribution in [1.82, 2.24) is 9.97 Å². The maximum Gasteiger partial charge on any atom is 0.338 e. The first-order valence-electron chi connectivity index (χ1n) is 13.4. The largest absolute Gasteiger partial charge is 0.490 e. The molecular formula is C31H40N2O3. The highest BCUT2D eigenvalue weighted by molar-refractivity contribution is 5.90. The molecule has 1 aromatic heterocycles. The Labute approximate surface area is 216 Å². The Bertz CT molecular complexity index is 1030. The number of ether oxygens (including phenoxy) is 2. The van der Waals surface area contributed by atoms with Gasteiger partial charge in [-0.15, -0.1) is 0 Å². The van der Waals surface area contributed by atoms with Gasteiger partial charge in [-0.3, -0.25) is 0 Å². The van der Waals surface area contributed by atoms with E-state index in [1.807, 2.05) is 48.5 Å². The predicted octanol–water partition coefficient (Wildman–Crippen LogP) is 8.14. The van der Waals surface area contributed by atoms with Gasteiger partial charge in [-0.1, -0.05) is 89.3 Å². The Hall–Kier alpha value is -3.21. The maximum atomic E-state index is 12.3. The molecule has 1 heterocycles. The number of esters is 1. The molecule has 0 radical (unpaired) electrons. The molecular weight excluding hydrogens is 448 g/mol. The second-order valence-corrected chi connectivity index (χ2v) is 9.45. The zero-order chi connectivity index (χ0) is 25.6. The monoisotopic (exact) mass is 488 g/mol. The minimum absolute atomic E-state index is 0.258. The van der Waals surface area contributed by atoms with Gasteiger partial charge in [0.05, 0.1) is 31.2 Å². The number of nitrogens with zero attached hydrogens (tertiary/aromatic N) is 2. The number of benzene rings is 2. The van der Waals surface area contributed by atoms with Crippen molar-refractivity contribution in [1.29, 1.82) is 0 Å². The summed E-state index contributed by atoms with van der Waals surface area (Å²) in [5.41, 5.74) is 3.63. The summed E-state index contributed by atoms with van der Waals surface area (Å²) in [4.78, 5) is 21.2. The van der Waals surface area contributed by atoms with E-state index < -0.39 is 0 Å². The predicted molar refractivity (Wildman–Crippen MR) is 146 cm³/mol. The minimum atomic E-state index is -0.258. The van der Waals surface area contributed by atoms with Gasteiger partial charge in [-0.2, -0.15) is 0 Å². The number of hydrogen-bond donors (Lipinski definition) is 0. The second kappa shape index (κ2) is 15.0. The molecule has 0 N–H and O–H groups in total. The van der Waals surface area contributed by atoms with E-state index in [4.69, 9.17) is 9.47 Å². The minimum Gasteiger partial charge on any atom is -0.490 e. The highest BCUT2D eigenvalue weighted by Gasteiger charge is 2.09. The van der Waals surface area contributed by atoms with Crippen LogP contribution in [0.5, 0.6) is 5.75 Å². The average Bonchev–Trinajstić information content (AvgIpc) is 2.93. The van der Waals surface area contributed by atoms with Crippen LogP contribution in [0.25, 0.3) is 22.5 Å². The van der Waals surface area contributed by atoms with Crippen molar-refractivity contribution >= 4 is 5.97 Å². The van der Waals surface area contributed by atoms with Crippen LogP contribution in [0.2, 0.25) is 0 Å². The molecule has 0 aliphatic carbocycles. The second-order valence-electron chi connectivity index (χ2n) is 9.45. The Morgan fingerprint density at radius 1 is 0.778 bits per heavy atom. The van der Waals surface area contributed by atoms with Crippen molar-refractivity contribution in [3.05, 3.63) is 66.5 Å². The van der Waals surface area contributed by atoms with Crippen LogP contribution < -0.4 is 4.74 Å². The number of aromatic nitrogens is 2. The van der Waals surface area contributed by atoms with E-state index in [2.05, 4.69) is 30.7 Å². The lowest BCUT2D eigenvalue weighted by molar-refractivity contribution is 0.0497. The topological polar surface area (TPSA) is 61.3 Å². The fraction of sp³-hybridized carbons (Fsp3) is 0.452.